The van der Waals surface area contributed by atoms with E-state index < -0.39 is 17.4 Å². The Hall–Kier alpha value is -0.360. The highest BCUT2D eigenvalue weighted by molar-refractivity contribution is 7.98. The number of rotatable bonds is 5. The number of carboxylic acids is 1. The molecule has 0 amide bonds. The fraction of sp³-hybridized carbons (Fsp3) is 0.800. The quantitative estimate of drug-likeness (QED) is 0.655. The van der Waals surface area contributed by atoms with Crippen LogP contribution in [0.1, 0.15) is 6.42 Å². The Morgan fingerprint density at radius 1 is 1.73 bits per heavy atom. The van der Waals surface area contributed by atoms with E-state index in [4.69, 9.17) is 5.11 Å². The molecule has 0 fully saturated rings. The molecular formula is C5H9F2NO2S. The van der Waals surface area contributed by atoms with Crippen LogP contribution in [0.25, 0.3) is 0 Å². The van der Waals surface area contributed by atoms with Gasteiger partial charge in [0, 0.05) is 5.34 Å². The Bertz CT molecular complexity index is 134. The molecular weight excluding hydrogens is 176 g/mol. The molecule has 0 aromatic rings. The molecule has 0 aliphatic carbocycles. The third-order valence-corrected chi connectivity index (χ3v) is 1.76. The van der Waals surface area contributed by atoms with Crippen LogP contribution in [0.2, 0.25) is 0 Å². The first-order valence-corrected chi connectivity index (χ1v) is 4.31. The summed E-state index contributed by atoms with van der Waals surface area (Å²) >= 11 is 1.34. The normalized spacial score (nSPS) is 13.5. The van der Waals surface area contributed by atoms with Crippen molar-refractivity contribution in [2.75, 3.05) is 12.0 Å². The zero-order chi connectivity index (χ0) is 8.85. The van der Waals surface area contributed by atoms with Crippen molar-refractivity contribution in [2.45, 2.75) is 12.5 Å². The highest BCUT2D eigenvalue weighted by Gasteiger charge is 2.25. The summed E-state index contributed by atoms with van der Waals surface area (Å²) in [6, 6.07) is -1.66. The number of hydrogen-bond donors (Lipinski definition) is 1. The molecule has 1 atom stereocenters. The van der Waals surface area contributed by atoms with Crippen LogP contribution in [0, 0.1) is 0 Å². The predicted molar refractivity (Wildman–Crippen MR) is 38.5 cm³/mol. The maximum atomic E-state index is 11.7. The van der Waals surface area contributed by atoms with Gasteiger partial charge in [-0.25, -0.2) is 0 Å². The van der Waals surface area contributed by atoms with E-state index in [0.717, 1.165) is 0 Å². The maximum Gasteiger partial charge on any atom is 0.326 e. The van der Waals surface area contributed by atoms with Crippen molar-refractivity contribution < 1.29 is 18.9 Å². The van der Waals surface area contributed by atoms with E-state index in [9.17, 15) is 13.8 Å². The van der Waals surface area contributed by atoms with Crippen LogP contribution in [0.5, 0.6) is 0 Å². The van der Waals surface area contributed by atoms with Gasteiger partial charge in [0.05, 0.1) is 0 Å². The Morgan fingerprint density at radius 3 is 2.55 bits per heavy atom. The lowest BCUT2D eigenvalue weighted by Gasteiger charge is -2.10. The van der Waals surface area contributed by atoms with E-state index in [2.05, 4.69) is 0 Å². The van der Waals surface area contributed by atoms with Crippen LogP contribution in [-0.2, 0) is 4.79 Å². The molecule has 0 radical (unpaired) electrons. The second kappa shape index (κ2) is 5.31. The Morgan fingerprint density at radius 2 is 2.27 bits per heavy atom. The summed E-state index contributed by atoms with van der Waals surface area (Å²) in [4.78, 5) is 10.1. The summed E-state index contributed by atoms with van der Waals surface area (Å²) < 4.78 is 23.4. The molecule has 0 aliphatic heterocycles. The zero-order valence-corrected chi connectivity index (χ0v) is 6.77. The number of nitrogens with zero attached hydrogens (tertiary/aromatic N) is 1. The van der Waals surface area contributed by atoms with Crippen LogP contribution in [0.4, 0.5) is 8.96 Å². The van der Waals surface area contributed by atoms with Gasteiger partial charge in [0.2, 0.25) is 0 Å². The number of carboxylic acid groups (broad SMARTS) is 1. The largest absolute Gasteiger partial charge is 0.480 e. The number of hydrogen-bond acceptors (Lipinski definition) is 3. The van der Waals surface area contributed by atoms with Crippen LogP contribution in [0.15, 0.2) is 0 Å². The summed E-state index contributed by atoms with van der Waals surface area (Å²) in [6.07, 6.45) is 1.70. The highest BCUT2D eigenvalue weighted by Crippen LogP contribution is 2.09. The molecule has 0 spiro atoms. The molecule has 0 unspecified atom stereocenters. The van der Waals surface area contributed by atoms with Crippen molar-refractivity contribution in [3.63, 3.8) is 0 Å². The molecule has 3 nitrogen and oxygen atoms in total. The summed E-state index contributed by atoms with van der Waals surface area (Å²) in [5.41, 5.74) is 0. The van der Waals surface area contributed by atoms with Crippen molar-refractivity contribution >= 4 is 17.7 Å². The van der Waals surface area contributed by atoms with Crippen LogP contribution in [0.3, 0.4) is 0 Å². The number of aliphatic carboxylic acids is 1. The number of carbonyl (C=O) groups is 1. The second-order valence-electron chi connectivity index (χ2n) is 1.89. The third-order valence-electron chi connectivity index (χ3n) is 1.12. The average molecular weight is 185 g/mol. The molecule has 0 saturated heterocycles. The minimum atomic E-state index is -1.66. The zero-order valence-electron chi connectivity index (χ0n) is 5.96. The van der Waals surface area contributed by atoms with Gasteiger partial charge in [-0.1, -0.05) is 0 Å². The fourth-order valence-corrected chi connectivity index (χ4v) is 0.993. The topological polar surface area (TPSA) is 40.5 Å². The lowest BCUT2D eigenvalue weighted by atomic mass is 10.2. The third kappa shape index (κ3) is 4.15. The van der Waals surface area contributed by atoms with E-state index in [-0.39, 0.29) is 6.42 Å². The van der Waals surface area contributed by atoms with E-state index >= 15 is 0 Å². The van der Waals surface area contributed by atoms with Gasteiger partial charge < -0.3 is 5.11 Å². The molecule has 0 aliphatic rings. The molecule has 6 heteroatoms. The molecule has 1 N–H and O–H groups in total. The lowest BCUT2D eigenvalue weighted by Crippen LogP contribution is -2.31. The van der Waals surface area contributed by atoms with Gasteiger partial charge in [0.15, 0.2) is 6.04 Å². The van der Waals surface area contributed by atoms with Gasteiger partial charge in [-0.3, -0.25) is 4.79 Å². The van der Waals surface area contributed by atoms with Gasteiger partial charge in [-0.2, -0.15) is 11.8 Å². The second-order valence-corrected chi connectivity index (χ2v) is 2.88. The number of thioether (sulfide) groups is 1. The molecule has 0 bridgehead atoms. The standard InChI is InChI=1S/C5H9F2NO2S/c1-11-3-2-4(5(9)10)8(6)7/h4H,2-3H2,1H3,(H,9,10)/t4-/m0/s1. The molecule has 0 heterocycles. The van der Waals surface area contributed by atoms with E-state index in [1.807, 2.05) is 0 Å². The SMILES string of the molecule is CSCC[C@@H](C(=O)O)N(F)F. The molecule has 11 heavy (non-hydrogen) atoms. The first kappa shape index (κ1) is 10.6. The van der Waals surface area contributed by atoms with Crippen molar-refractivity contribution in [2.24, 2.45) is 0 Å². The summed E-state index contributed by atoms with van der Waals surface area (Å²) in [5, 5.41) is 6.97. The van der Waals surface area contributed by atoms with E-state index in [1.54, 1.807) is 6.26 Å². The van der Waals surface area contributed by atoms with Gasteiger partial charge in [-0.05, 0) is 18.4 Å². The van der Waals surface area contributed by atoms with Crippen LogP contribution < -0.4 is 0 Å². The minimum Gasteiger partial charge on any atom is -0.480 e. The maximum absolute atomic E-state index is 11.7. The average Bonchev–Trinajstić information content (AvgIpc) is 1.87. The van der Waals surface area contributed by atoms with Gasteiger partial charge >= 0.3 is 5.97 Å². The molecule has 0 aromatic heterocycles. The van der Waals surface area contributed by atoms with Crippen molar-refractivity contribution in [1.29, 1.82) is 0 Å². The van der Waals surface area contributed by atoms with Crippen molar-refractivity contribution in [3.8, 4) is 0 Å². The predicted octanol–water partition coefficient (Wildman–Crippen LogP) is 1.26. The van der Waals surface area contributed by atoms with Gasteiger partial charge in [-0.15, -0.1) is 8.96 Å². The molecule has 0 saturated carbocycles. The highest BCUT2D eigenvalue weighted by atomic mass is 32.2. The Kier molecular flexibility index (Phi) is 5.14. The Balaban J connectivity index is 3.80. The number of halogens is 2. The van der Waals surface area contributed by atoms with Gasteiger partial charge in [0.25, 0.3) is 0 Å². The fourth-order valence-electron chi connectivity index (χ4n) is 0.534. The first-order chi connectivity index (χ1) is 5.09. The molecule has 0 aromatic carbocycles. The van der Waals surface area contributed by atoms with Crippen molar-refractivity contribution in [1.82, 2.24) is 5.34 Å². The van der Waals surface area contributed by atoms with Crippen LogP contribution >= 0.6 is 11.8 Å². The van der Waals surface area contributed by atoms with Gasteiger partial charge in [0.1, 0.15) is 0 Å². The van der Waals surface area contributed by atoms with E-state index in [1.165, 1.54) is 11.8 Å². The molecule has 0 rings (SSSR count). The van der Waals surface area contributed by atoms with E-state index in [0.29, 0.717) is 5.75 Å². The summed E-state index contributed by atoms with van der Waals surface area (Å²) in [7, 11) is 0. The Labute approximate surface area is 67.2 Å². The lowest BCUT2D eigenvalue weighted by molar-refractivity contribution is -0.201. The summed E-state index contributed by atoms with van der Waals surface area (Å²) in [5.74, 6) is -1.06. The first-order valence-electron chi connectivity index (χ1n) is 2.92. The van der Waals surface area contributed by atoms with Crippen molar-refractivity contribution in [3.05, 3.63) is 0 Å². The van der Waals surface area contributed by atoms with Crippen LogP contribution in [-0.4, -0.2) is 34.5 Å². The smallest absolute Gasteiger partial charge is 0.326 e. The summed E-state index contributed by atoms with van der Waals surface area (Å²) in [6.45, 7) is 0. The minimum absolute atomic E-state index is 0.0382. The molecule has 66 valence electrons. The monoisotopic (exact) mass is 185 g/mol.